The maximum Gasteiger partial charge on any atom is 0.243 e. The predicted molar refractivity (Wildman–Crippen MR) is 107 cm³/mol. The van der Waals surface area contributed by atoms with Crippen LogP contribution < -0.4 is 14.8 Å². The van der Waals surface area contributed by atoms with E-state index in [1.54, 1.807) is 12.1 Å². The smallest absolute Gasteiger partial charge is 0.243 e. The van der Waals surface area contributed by atoms with Gasteiger partial charge in [-0.15, -0.1) is 0 Å². The van der Waals surface area contributed by atoms with E-state index >= 15 is 0 Å². The van der Waals surface area contributed by atoms with E-state index in [0.29, 0.717) is 31.9 Å². The molecule has 0 radical (unpaired) electrons. The molecule has 0 saturated carbocycles. The zero-order chi connectivity index (χ0) is 20.4. The third-order valence-electron chi connectivity index (χ3n) is 4.99. The van der Waals surface area contributed by atoms with Gasteiger partial charge in [0.15, 0.2) is 11.5 Å². The van der Waals surface area contributed by atoms with E-state index in [0.717, 1.165) is 23.6 Å². The summed E-state index contributed by atoms with van der Waals surface area (Å²) in [6.45, 7) is 4.56. The molecule has 0 bridgehead atoms. The van der Waals surface area contributed by atoms with E-state index in [1.807, 2.05) is 18.2 Å². The average molecular weight is 417 g/mol. The van der Waals surface area contributed by atoms with Crippen LogP contribution >= 0.6 is 0 Å². The zero-order valence-corrected chi connectivity index (χ0v) is 16.9. The molecule has 1 fully saturated rings. The first-order valence-corrected chi connectivity index (χ1v) is 10.8. The molecule has 2 aromatic rings. The fourth-order valence-electron chi connectivity index (χ4n) is 3.49. The Hall–Kier alpha value is -2.62. The van der Waals surface area contributed by atoms with Gasteiger partial charge in [-0.1, -0.05) is 6.07 Å². The number of hydrogen-bond donors (Lipinski definition) is 1. The minimum atomic E-state index is -3.55. The molecule has 0 aromatic heterocycles. The quantitative estimate of drug-likeness (QED) is 0.799. The molecule has 1 amide bonds. The molecule has 2 aromatic carbocycles. The Bertz CT molecular complexity index is 999. The topological polar surface area (TPSA) is 88.2 Å². The van der Waals surface area contributed by atoms with Crippen LogP contribution in [0.25, 0.3) is 0 Å². The van der Waals surface area contributed by atoms with Gasteiger partial charge in [0.05, 0.1) is 4.90 Å². The van der Waals surface area contributed by atoms with Gasteiger partial charge in [-0.3, -0.25) is 9.69 Å². The van der Waals surface area contributed by atoms with Crippen LogP contribution in [0.15, 0.2) is 47.4 Å². The molecule has 0 unspecified atom stereocenters. The van der Waals surface area contributed by atoms with Crippen LogP contribution in [0.2, 0.25) is 0 Å². The second-order valence-corrected chi connectivity index (χ2v) is 9.01. The highest BCUT2D eigenvalue weighted by molar-refractivity contribution is 7.89. The lowest BCUT2D eigenvalue weighted by molar-refractivity contribution is -0.114. The molecule has 0 atom stereocenters. The van der Waals surface area contributed by atoms with Crippen molar-refractivity contribution < 1.29 is 22.7 Å². The van der Waals surface area contributed by atoms with Gasteiger partial charge in [-0.25, -0.2) is 8.42 Å². The van der Waals surface area contributed by atoms with Crippen molar-refractivity contribution in [2.75, 3.05) is 38.3 Å². The first kappa shape index (κ1) is 19.7. The number of nitrogens with zero attached hydrogens (tertiary/aromatic N) is 2. The SMILES string of the molecule is CC(=O)Nc1ccc(S(=O)(=O)N2CCN(Cc3ccc4c(c3)OCO4)CC2)cc1. The Morgan fingerprint density at radius 3 is 2.38 bits per heavy atom. The maximum absolute atomic E-state index is 12.9. The first-order chi connectivity index (χ1) is 13.9. The number of benzene rings is 2. The van der Waals surface area contributed by atoms with Crippen LogP contribution in [0.3, 0.4) is 0 Å². The summed E-state index contributed by atoms with van der Waals surface area (Å²) < 4.78 is 38.1. The van der Waals surface area contributed by atoms with Crippen molar-refractivity contribution in [1.29, 1.82) is 0 Å². The van der Waals surface area contributed by atoms with Gasteiger partial charge in [-0.2, -0.15) is 4.31 Å². The molecular weight excluding hydrogens is 394 g/mol. The first-order valence-electron chi connectivity index (χ1n) is 9.40. The van der Waals surface area contributed by atoms with Crippen LogP contribution in [0.1, 0.15) is 12.5 Å². The van der Waals surface area contributed by atoms with Crippen molar-refractivity contribution in [2.45, 2.75) is 18.4 Å². The van der Waals surface area contributed by atoms with Crippen LogP contribution in [0, 0.1) is 0 Å². The molecule has 1 N–H and O–H groups in total. The molecule has 4 rings (SSSR count). The second kappa shape index (κ2) is 8.02. The largest absolute Gasteiger partial charge is 0.454 e. The van der Waals surface area contributed by atoms with E-state index in [1.165, 1.54) is 23.4 Å². The van der Waals surface area contributed by atoms with Crippen LogP contribution in [0.4, 0.5) is 5.69 Å². The van der Waals surface area contributed by atoms with Crippen LogP contribution in [-0.4, -0.2) is 56.5 Å². The van der Waals surface area contributed by atoms with E-state index in [-0.39, 0.29) is 17.6 Å². The van der Waals surface area contributed by atoms with E-state index < -0.39 is 10.0 Å². The Balaban J connectivity index is 1.36. The van der Waals surface area contributed by atoms with Crippen molar-refractivity contribution >= 4 is 21.6 Å². The monoisotopic (exact) mass is 417 g/mol. The number of anilines is 1. The maximum atomic E-state index is 12.9. The summed E-state index contributed by atoms with van der Waals surface area (Å²) in [6.07, 6.45) is 0. The molecular formula is C20H23N3O5S. The van der Waals surface area contributed by atoms with Crippen molar-refractivity contribution in [1.82, 2.24) is 9.21 Å². The number of ether oxygens (including phenoxy) is 2. The molecule has 9 heteroatoms. The third kappa shape index (κ3) is 4.36. The zero-order valence-electron chi connectivity index (χ0n) is 16.1. The van der Waals surface area contributed by atoms with Gasteiger partial charge in [0.2, 0.25) is 22.7 Å². The Morgan fingerprint density at radius 2 is 1.69 bits per heavy atom. The summed E-state index contributed by atoms with van der Waals surface area (Å²) >= 11 is 0. The summed E-state index contributed by atoms with van der Waals surface area (Å²) in [7, 11) is -3.55. The van der Waals surface area contributed by atoms with Gasteiger partial charge < -0.3 is 14.8 Å². The number of nitrogens with one attached hydrogen (secondary N) is 1. The average Bonchev–Trinajstić information content (AvgIpc) is 3.16. The standard InChI is InChI=1S/C20H23N3O5S/c1-15(24)21-17-3-5-18(6-4-17)29(25,26)23-10-8-22(9-11-23)13-16-2-7-19-20(12-16)28-14-27-19/h2-7,12H,8-11,13-14H2,1H3,(H,21,24). The Morgan fingerprint density at radius 1 is 1.00 bits per heavy atom. The van der Waals surface area contributed by atoms with Crippen molar-refractivity contribution in [3.8, 4) is 11.5 Å². The fraction of sp³-hybridized carbons (Fsp3) is 0.350. The molecule has 1 saturated heterocycles. The van der Waals surface area contributed by atoms with Gasteiger partial charge in [-0.05, 0) is 42.0 Å². The van der Waals surface area contributed by atoms with E-state index in [4.69, 9.17) is 9.47 Å². The van der Waals surface area contributed by atoms with Crippen molar-refractivity contribution in [3.63, 3.8) is 0 Å². The molecule has 0 aliphatic carbocycles. The highest BCUT2D eigenvalue weighted by atomic mass is 32.2. The molecule has 2 aliphatic heterocycles. The van der Waals surface area contributed by atoms with Crippen molar-refractivity contribution in [3.05, 3.63) is 48.0 Å². The number of piperazine rings is 1. The number of carbonyl (C=O) groups is 1. The summed E-state index contributed by atoms with van der Waals surface area (Å²) in [5, 5.41) is 2.64. The van der Waals surface area contributed by atoms with E-state index in [2.05, 4.69) is 10.2 Å². The molecule has 154 valence electrons. The molecule has 2 aliphatic rings. The number of fused-ring (bicyclic) bond motifs is 1. The number of amides is 1. The number of rotatable bonds is 5. The number of carbonyl (C=O) groups excluding carboxylic acids is 1. The lowest BCUT2D eigenvalue weighted by Gasteiger charge is -2.34. The van der Waals surface area contributed by atoms with Gasteiger partial charge in [0.25, 0.3) is 0 Å². The molecule has 8 nitrogen and oxygen atoms in total. The molecule has 2 heterocycles. The van der Waals surface area contributed by atoms with Crippen molar-refractivity contribution in [2.24, 2.45) is 0 Å². The Kier molecular flexibility index (Phi) is 5.44. The highest BCUT2D eigenvalue weighted by Gasteiger charge is 2.28. The van der Waals surface area contributed by atoms with Gasteiger partial charge in [0, 0.05) is 45.3 Å². The minimum absolute atomic E-state index is 0.195. The number of sulfonamides is 1. The summed E-state index contributed by atoms with van der Waals surface area (Å²) in [6, 6.07) is 12.1. The second-order valence-electron chi connectivity index (χ2n) is 7.07. The molecule has 29 heavy (non-hydrogen) atoms. The fourth-order valence-corrected chi connectivity index (χ4v) is 4.91. The summed E-state index contributed by atoms with van der Waals surface area (Å²) in [4.78, 5) is 13.6. The highest BCUT2D eigenvalue weighted by Crippen LogP contribution is 2.33. The lowest BCUT2D eigenvalue weighted by Crippen LogP contribution is -2.48. The third-order valence-corrected chi connectivity index (χ3v) is 6.90. The summed E-state index contributed by atoms with van der Waals surface area (Å²) in [5.41, 5.74) is 1.68. The number of hydrogen-bond acceptors (Lipinski definition) is 6. The lowest BCUT2D eigenvalue weighted by atomic mass is 10.2. The van der Waals surface area contributed by atoms with Crippen LogP contribution in [0.5, 0.6) is 11.5 Å². The predicted octanol–water partition coefficient (Wildman–Crippen LogP) is 1.88. The minimum Gasteiger partial charge on any atom is -0.454 e. The van der Waals surface area contributed by atoms with Gasteiger partial charge in [0.1, 0.15) is 0 Å². The normalized spacial score (nSPS) is 17.3. The summed E-state index contributed by atoms with van der Waals surface area (Å²) in [5.74, 6) is 1.32. The Labute approximate surface area is 170 Å². The van der Waals surface area contributed by atoms with Crippen LogP contribution in [-0.2, 0) is 21.4 Å². The molecule has 0 spiro atoms. The van der Waals surface area contributed by atoms with E-state index in [9.17, 15) is 13.2 Å². The van der Waals surface area contributed by atoms with Gasteiger partial charge >= 0.3 is 0 Å².